The van der Waals surface area contributed by atoms with Gasteiger partial charge in [-0.25, -0.2) is 0 Å². The summed E-state index contributed by atoms with van der Waals surface area (Å²) >= 11 is 6.30. The maximum Gasteiger partial charge on any atom is 0.255 e. The number of carbonyl (C=O) groups is 2. The van der Waals surface area contributed by atoms with Crippen LogP contribution in [-0.2, 0) is 4.79 Å². The summed E-state index contributed by atoms with van der Waals surface area (Å²) in [6.45, 7) is 8.30. The van der Waals surface area contributed by atoms with E-state index in [0.717, 1.165) is 32.4 Å². The number of hydrogen-bond donors (Lipinski definition) is 2. The van der Waals surface area contributed by atoms with Crippen molar-refractivity contribution in [2.45, 2.75) is 46.1 Å². The summed E-state index contributed by atoms with van der Waals surface area (Å²) < 4.78 is 0. The molecule has 2 amide bonds. The Morgan fingerprint density at radius 3 is 2.54 bits per heavy atom. The summed E-state index contributed by atoms with van der Waals surface area (Å²) in [5.74, 6) is -0.259. The lowest BCUT2D eigenvalue weighted by Crippen LogP contribution is -2.46. The predicted octanol–water partition coefficient (Wildman–Crippen LogP) is 3.96. The number of nitrogens with zero attached hydrogens (tertiary/aromatic N) is 1. The van der Waals surface area contributed by atoms with E-state index in [9.17, 15) is 9.59 Å². The fourth-order valence-electron chi connectivity index (χ4n) is 3.02. The van der Waals surface area contributed by atoms with Crippen LogP contribution in [0.5, 0.6) is 0 Å². The van der Waals surface area contributed by atoms with E-state index >= 15 is 0 Å². The minimum absolute atomic E-state index is 0. The molecule has 1 aliphatic rings. The first-order valence-electron chi connectivity index (χ1n) is 9.06. The van der Waals surface area contributed by atoms with Gasteiger partial charge in [0.25, 0.3) is 5.91 Å². The molecule has 0 bridgehead atoms. The molecule has 0 aromatic heterocycles. The molecular weight excluding hydrogens is 373 g/mol. The number of carbonyl (C=O) groups excluding carboxylic acids is 2. The van der Waals surface area contributed by atoms with E-state index in [0.29, 0.717) is 22.8 Å². The van der Waals surface area contributed by atoms with Crippen molar-refractivity contribution in [2.24, 2.45) is 5.92 Å². The van der Waals surface area contributed by atoms with Crippen LogP contribution < -0.4 is 10.6 Å². The summed E-state index contributed by atoms with van der Waals surface area (Å²) in [6, 6.07) is 5.33. The van der Waals surface area contributed by atoms with E-state index in [1.54, 1.807) is 18.2 Å². The third-order valence-electron chi connectivity index (χ3n) is 4.46. The van der Waals surface area contributed by atoms with Gasteiger partial charge in [0.1, 0.15) is 0 Å². The standard InChI is InChI=1S/C19H28ClN3O2.ClH/c1-4-11-23(15-7-9-21-10-8-15)19(25)16-12-14(5-6-17(16)20)22-18(24)13(2)3;/h5-6,12-13,15,21H,4,7-11H2,1-3H3,(H,22,24);1H. The smallest absolute Gasteiger partial charge is 0.255 e. The van der Waals surface area contributed by atoms with Gasteiger partial charge >= 0.3 is 0 Å². The van der Waals surface area contributed by atoms with Gasteiger partial charge in [0.2, 0.25) is 5.91 Å². The molecule has 1 aromatic rings. The predicted molar refractivity (Wildman–Crippen MR) is 109 cm³/mol. The SMILES string of the molecule is CCCN(C(=O)c1cc(NC(=O)C(C)C)ccc1Cl)C1CCNCC1.Cl. The molecule has 0 aliphatic carbocycles. The van der Waals surface area contributed by atoms with E-state index in [2.05, 4.69) is 17.6 Å². The lowest BCUT2D eigenvalue weighted by molar-refractivity contribution is -0.118. The molecule has 0 radical (unpaired) electrons. The molecule has 1 heterocycles. The molecule has 146 valence electrons. The highest BCUT2D eigenvalue weighted by atomic mass is 35.5. The average Bonchev–Trinajstić information content (AvgIpc) is 2.61. The van der Waals surface area contributed by atoms with Crippen molar-refractivity contribution in [3.8, 4) is 0 Å². The zero-order valence-corrected chi connectivity index (χ0v) is 17.3. The Labute approximate surface area is 167 Å². The highest BCUT2D eigenvalue weighted by Gasteiger charge is 2.27. The molecule has 1 saturated heterocycles. The minimum Gasteiger partial charge on any atom is -0.336 e. The molecule has 26 heavy (non-hydrogen) atoms. The van der Waals surface area contributed by atoms with Crippen molar-refractivity contribution < 1.29 is 9.59 Å². The molecule has 1 aromatic carbocycles. The van der Waals surface area contributed by atoms with E-state index in [4.69, 9.17) is 11.6 Å². The Hall–Kier alpha value is -1.30. The third-order valence-corrected chi connectivity index (χ3v) is 4.79. The van der Waals surface area contributed by atoms with Crippen molar-refractivity contribution in [1.29, 1.82) is 0 Å². The Morgan fingerprint density at radius 1 is 1.31 bits per heavy atom. The van der Waals surface area contributed by atoms with Crippen LogP contribution in [0, 0.1) is 5.92 Å². The highest BCUT2D eigenvalue weighted by molar-refractivity contribution is 6.34. The van der Waals surface area contributed by atoms with Gasteiger partial charge in [0.15, 0.2) is 0 Å². The second-order valence-corrected chi connectivity index (χ2v) is 7.23. The third kappa shape index (κ3) is 5.86. The zero-order valence-electron chi connectivity index (χ0n) is 15.7. The van der Waals surface area contributed by atoms with Gasteiger partial charge in [-0.3, -0.25) is 9.59 Å². The van der Waals surface area contributed by atoms with Crippen LogP contribution in [0.25, 0.3) is 0 Å². The number of nitrogens with one attached hydrogen (secondary N) is 2. The Bertz CT molecular complexity index is 617. The molecule has 1 fully saturated rings. The fourth-order valence-corrected chi connectivity index (χ4v) is 3.22. The van der Waals surface area contributed by atoms with Gasteiger partial charge < -0.3 is 15.5 Å². The fraction of sp³-hybridized carbons (Fsp3) is 0.579. The minimum atomic E-state index is -0.124. The summed E-state index contributed by atoms with van der Waals surface area (Å²) in [4.78, 5) is 27.0. The van der Waals surface area contributed by atoms with Crippen molar-refractivity contribution in [1.82, 2.24) is 10.2 Å². The van der Waals surface area contributed by atoms with Gasteiger partial charge in [-0.1, -0.05) is 32.4 Å². The van der Waals surface area contributed by atoms with Crippen LogP contribution in [0.4, 0.5) is 5.69 Å². The molecular formula is C19H29Cl2N3O2. The molecule has 5 nitrogen and oxygen atoms in total. The van der Waals surface area contributed by atoms with Gasteiger partial charge in [0, 0.05) is 24.2 Å². The van der Waals surface area contributed by atoms with Gasteiger partial charge in [0.05, 0.1) is 10.6 Å². The number of rotatable bonds is 6. The van der Waals surface area contributed by atoms with Crippen molar-refractivity contribution in [2.75, 3.05) is 25.0 Å². The topological polar surface area (TPSA) is 61.4 Å². The summed E-state index contributed by atoms with van der Waals surface area (Å²) in [6.07, 6.45) is 2.80. The second kappa shape index (κ2) is 10.8. The summed E-state index contributed by atoms with van der Waals surface area (Å²) in [5, 5.41) is 6.59. The van der Waals surface area contributed by atoms with Crippen LogP contribution in [0.3, 0.4) is 0 Å². The second-order valence-electron chi connectivity index (χ2n) is 6.82. The first-order chi connectivity index (χ1) is 11.9. The number of benzene rings is 1. The number of amides is 2. The Balaban J connectivity index is 0.00000338. The summed E-state index contributed by atoms with van der Waals surface area (Å²) in [7, 11) is 0. The number of hydrogen-bond acceptors (Lipinski definition) is 3. The van der Waals surface area contributed by atoms with Crippen LogP contribution in [0.15, 0.2) is 18.2 Å². The molecule has 0 unspecified atom stereocenters. The Kier molecular flexibility index (Phi) is 9.41. The van der Waals surface area contributed by atoms with Gasteiger partial charge in [-0.05, 0) is 50.6 Å². The maximum atomic E-state index is 13.1. The van der Waals surface area contributed by atoms with Gasteiger partial charge in [-0.2, -0.15) is 0 Å². The largest absolute Gasteiger partial charge is 0.336 e. The van der Waals surface area contributed by atoms with E-state index in [-0.39, 0.29) is 36.2 Å². The molecule has 0 atom stereocenters. The number of halogens is 2. The van der Waals surface area contributed by atoms with Crippen molar-refractivity contribution in [3.63, 3.8) is 0 Å². The molecule has 2 rings (SSSR count). The first kappa shape index (κ1) is 22.7. The Morgan fingerprint density at radius 2 is 1.96 bits per heavy atom. The molecule has 0 saturated carbocycles. The number of piperidine rings is 1. The van der Waals surface area contributed by atoms with Gasteiger partial charge in [-0.15, -0.1) is 12.4 Å². The van der Waals surface area contributed by atoms with Crippen LogP contribution >= 0.6 is 24.0 Å². The normalized spacial score (nSPS) is 14.7. The van der Waals surface area contributed by atoms with E-state index < -0.39 is 0 Å². The van der Waals surface area contributed by atoms with Crippen LogP contribution in [0.2, 0.25) is 5.02 Å². The lowest BCUT2D eigenvalue weighted by Gasteiger charge is -2.35. The van der Waals surface area contributed by atoms with Crippen LogP contribution in [-0.4, -0.2) is 42.4 Å². The molecule has 1 aliphatic heterocycles. The highest BCUT2D eigenvalue weighted by Crippen LogP contribution is 2.25. The average molecular weight is 402 g/mol. The van der Waals surface area contributed by atoms with Crippen molar-refractivity contribution >= 4 is 41.5 Å². The van der Waals surface area contributed by atoms with Crippen LogP contribution in [0.1, 0.15) is 50.4 Å². The molecule has 0 spiro atoms. The quantitative estimate of drug-likeness (QED) is 0.757. The maximum absolute atomic E-state index is 13.1. The molecule has 2 N–H and O–H groups in total. The van der Waals surface area contributed by atoms with E-state index in [1.165, 1.54) is 0 Å². The molecule has 7 heteroatoms. The monoisotopic (exact) mass is 401 g/mol. The zero-order chi connectivity index (χ0) is 18.4. The summed E-state index contributed by atoms with van der Waals surface area (Å²) in [5.41, 5.74) is 1.06. The lowest BCUT2D eigenvalue weighted by atomic mass is 10.0. The van der Waals surface area contributed by atoms with E-state index in [1.807, 2.05) is 18.7 Å². The van der Waals surface area contributed by atoms with Crippen molar-refractivity contribution in [3.05, 3.63) is 28.8 Å². The first-order valence-corrected chi connectivity index (χ1v) is 9.44. The number of anilines is 1.